The van der Waals surface area contributed by atoms with E-state index < -0.39 is 11.4 Å². The van der Waals surface area contributed by atoms with Crippen LogP contribution in [0.25, 0.3) is 0 Å². The fourth-order valence-electron chi connectivity index (χ4n) is 5.58. The predicted molar refractivity (Wildman–Crippen MR) is 131 cm³/mol. The molecule has 1 aliphatic carbocycles. The van der Waals surface area contributed by atoms with Crippen LogP contribution in [0.3, 0.4) is 0 Å². The van der Waals surface area contributed by atoms with E-state index in [4.69, 9.17) is 14.2 Å². The molecule has 0 bridgehead atoms. The second-order valence-corrected chi connectivity index (χ2v) is 11.4. The zero-order valence-corrected chi connectivity index (χ0v) is 22.5. The van der Waals surface area contributed by atoms with Crippen LogP contribution in [0.5, 0.6) is 0 Å². The van der Waals surface area contributed by atoms with Gasteiger partial charge in [0.15, 0.2) is 0 Å². The monoisotopic (exact) mass is 481 g/mol. The molecule has 0 radical (unpaired) electrons. The van der Waals surface area contributed by atoms with Gasteiger partial charge in [-0.15, -0.1) is 0 Å². The Morgan fingerprint density at radius 1 is 0.912 bits per heavy atom. The minimum Gasteiger partial charge on any atom is -0.466 e. The fraction of sp³-hybridized carbons (Fsp3) is 0.923. The van der Waals surface area contributed by atoms with Gasteiger partial charge in [0.2, 0.25) is 0 Å². The number of rotatable bonds is 7. The number of likely N-dealkylation sites (N-methyl/N-ethyl adjacent to an activating group) is 1. The zero-order valence-electron chi connectivity index (χ0n) is 22.5. The molecule has 0 aromatic carbocycles. The molecule has 34 heavy (non-hydrogen) atoms. The summed E-state index contributed by atoms with van der Waals surface area (Å²) < 4.78 is 18.2. The number of carbonyl (C=O) groups is 2. The Labute approximate surface area is 206 Å². The number of carbonyl (C=O) groups excluding carboxylic acids is 2. The first-order valence-electron chi connectivity index (χ1n) is 13.3. The zero-order chi connectivity index (χ0) is 25.1. The quantitative estimate of drug-likeness (QED) is 0.513. The van der Waals surface area contributed by atoms with Crippen molar-refractivity contribution >= 4 is 11.9 Å². The summed E-state index contributed by atoms with van der Waals surface area (Å²) in [5.74, 6) is -1.74. The van der Waals surface area contributed by atoms with E-state index in [-0.39, 0.29) is 36.0 Å². The van der Waals surface area contributed by atoms with Crippen LogP contribution in [0, 0.1) is 5.92 Å². The molecule has 3 aliphatic rings. The summed E-state index contributed by atoms with van der Waals surface area (Å²) in [5.41, 5.74) is -0.614. The topological polar surface area (TPSA) is 71.5 Å². The number of likely N-dealkylation sites (tertiary alicyclic amines) is 1. The molecule has 3 atom stereocenters. The molecule has 0 amide bonds. The molecule has 2 heterocycles. The van der Waals surface area contributed by atoms with Gasteiger partial charge < -0.3 is 14.2 Å². The van der Waals surface area contributed by atoms with Crippen molar-refractivity contribution in [3.63, 3.8) is 0 Å². The third kappa shape index (κ3) is 6.12. The average Bonchev–Trinajstić information content (AvgIpc) is 3.30. The maximum Gasteiger partial charge on any atom is 0.371 e. The van der Waals surface area contributed by atoms with Crippen molar-refractivity contribution < 1.29 is 23.8 Å². The number of esters is 2. The molecule has 3 fully saturated rings. The van der Waals surface area contributed by atoms with Gasteiger partial charge in [-0.3, -0.25) is 14.6 Å². The smallest absolute Gasteiger partial charge is 0.371 e. The van der Waals surface area contributed by atoms with Gasteiger partial charge in [-0.05, 0) is 87.1 Å². The molecule has 196 valence electrons. The standard InChI is InChI=1S/C26H47N3O5/c1-8-32-23(30)21-11-13-22(14-12-21)33-26(28-15-9-10-16-28,24(31)34-25(4,5)6)29-17-19(2)27(7)20(3)18-29/h19-22H,8-18H2,1-7H3/t19-,20-,21?,22?,26?/m0/s1. The van der Waals surface area contributed by atoms with Crippen LogP contribution in [0.1, 0.15) is 80.1 Å². The molecular formula is C26H47N3O5. The maximum atomic E-state index is 14.1. The summed E-state index contributed by atoms with van der Waals surface area (Å²) in [6, 6.07) is 0.577. The van der Waals surface area contributed by atoms with E-state index in [2.05, 4.69) is 35.6 Å². The van der Waals surface area contributed by atoms with Crippen molar-refractivity contribution in [1.29, 1.82) is 0 Å². The predicted octanol–water partition coefficient (Wildman–Crippen LogP) is 3.24. The molecule has 0 aromatic rings. The van der Waals surface area contributed by atoms with E-state index in [0.29, 0.717) is 6.61 Å². The van der Waals surface area contributed by atoms with Crippen molar-refractivity contribution in [2.75, 3.05) is 39.8 Å². The number of hydrogen-bond acceptors (Lipinski definition) is 8. The summed E-state index contributed by atoms with van der Waals surface area (Å²) in [6.45, 7) is 15.5. The lowest BCUT2D eigenvalue weighted by atomic mass is 9.87. The van der Waals surface area contributed by atoms with Crippen LogP contribution in [0.15, 0.2) is 0 Å². The number of nitrogens with zero attached hydrogens (tertiary/aromatic N) is 3. The molecule has 1 unspecified atom stereocenters. The summed E-state index contributed by atoms with van der Waals surface area (Å²) >= 11 is 0. The summed E-state index contributed by atoms with van der Waals surface area (Å²) in [4.78, 5) is 33.1. The molecule has 1 saturated carbocycles. The van der Waals surface area contributed by atoms with Gasteiger partial charge in [-0.2, -0.15) is 0 Å². The Balaban J connectivity index is 1.90. The lowest BCUT2D eigenvalue weighted by Gasteiger charge is -2.54. The molecule has 3 rings (SSSR count). The Kier molecular flexibility index (Phi) is 9.04. The lowest BCUT2D eigenvalue weighted by molar-refractivity contribution is -0.285. The van der Waals surface area contributed by atoms with Gasteiger partial charge in [0, 0.05) is 38.3 Å². The molecule has 8 nitrogen and oxygen atoms in total. The Morgan fingerprint density at radius 2 is 1.47 bits per heavy atom. The molecule has 2 saturated heterocycles. The van der Waals surface area contributed by atoms with Crippen molar-refractivity contribution in [2.24, 2.45) is 5.92 Å². The normalized spacial score (nSPS) is 31.7. The van der Waals surface area contributed by atoms with Gasteiger partial charge in [-0.25, -0.2) is 9.69 Å². The molecular weight excluding hydrogens is 434 g/mol. The first-order chi connectivity index (χ1) is 16.0. The minimum absolute atomic E-state index is 0.0776. The highest BCUT2D eigenvalue weighted by Crippen LogP contribution is 2.37. The van der Waals surface area contributed by atoms with Crippen LogP contribution in [0.2, 0.25) is 0 Å². The fourth-order valence-corrected chi connectivity index (χ4v) is 5.58. The van der Waals surface area contributed by atoms with Gasteiger partial charge >= 0.3 is 11.9 Å². The van der Waals surface area contributed by atoms with E-state index in [1.165, 1.54) is 0 Å². The van der Waals surface area contributed by atoms with E-state index in [1.54, 1.807) is 0 Å². The van der Waals surface area contributed by atoms with Crippen molar-refractivity contribution in [1.82, 2.24) is 14.7 Å². The molecule has 0 aromatic heterocycles. The number of ether oxygens (including phenoxy) is 3. The van der Waals surface area contributed by atoms with Crippen LogP contribution >= 0.6 is 0 Å². The third-order valence-corrected chi connectivity index (χ3v) is 7.61. The van der Waals surface area contributed by atoms with Crippen LogP contribution in [0.4, 0.5) is 0 Å². The third-order valence-electron chi connectivity index (χ3n) is 7.61. The van der Waals surface area contributed by atoms with Crippen molar-refractivity contribution in [3.05, 3.63) is 0 Å². The second-order valence-electron chi connectivity index (χ2n) is 11.4. The lowest BCUT2D eigenvalue weighted by Crippen LogP contribution is -2.73. The van der Waals surface area contributed by atoms with E-state index in [9.17, 15) is 9.59 Å². The summed E-state index contributed by atoms with van der Waals surface area (Å²) in [7, 11) is 2.15. The Hall–Kier alpha value is -1.22. The van der Waals surface area contributed by atoms with Gasteiger partial charge in [0.05, 0.1) is 18.6 Å². The second kappa shape index (κ2) is 11.2. The van der Waals surface area contributed by atoms with Gasteiger partial charge in [-0.1, -0.05) is 0 Å². The van der Waals surface area contributed by atoms with E-state index >= 15 is 0 Å². The maximum absolute atomic E-state index is 14.1. The minimum atomic E-state index is -1.24. The highest BCUT2D eigenvalue weighted by molar-refractivity contribution is 5.79. The Morgan fingerprint density at radius 3 is 1.97 bits per heavy atom. The van der Waals surface area contributed by atoms with Crippen molar-refractivity contribution in [2.45, 2.75) is 110 Å². The van der Waals surface area contributed by atoms with Gasteiger partial charge in [0.25, 0.3) is 5.85 Å². The summed E-state index contributed by atoms with van der Waals surface area (Å²) in [5, 5.41) is 0. The molecule has 8 heteroatoms. The number of piperazine rings is 1. The highest BCUT2D eigenvalue weighted by atomic mass is 16.6. The van der Waals surface area contributed by atoms with Crippen LogP contribution < -0.4 is 0 Å². The molecule has 0 N–H and O–H groups in total. The summed E-state index contributed by atoms with van der Waals surface area (Å²) in [6.07, 6.45) is 4.91. The molecule has 0 spiro atoms. The first kappa shape index (κ1) is 27.4. The highest BCUT2D eigenvalue weighted by Gasteiger charge is 2.56. The van der Waals surface area contributed by atoms with E-state index in [1.807, 2.05) is 27.7 Å². The van der Waals surface area contributed by atoms with Crippen LogP contribution in [-0.4, -0.2) is 96.1 Å². The van der Waals surface area contributed by atoms with Gasteiger partial charge in [0.1, 0.15) is 5.60 Å². The van der Waals surface area contributed by atoms with E-state index in [0.717, 1.165) is 64.7 Å². The Bertz CT molecular complexity index is 685. The number of hydrogen-bond donors (Lipinski definition) is 0. The average molecular weight is 482 g/mol. The molecule has 2 aliphatic heterocycles. The largest absolute Gasteiger partial charge is 0.466 e. The SMILES string of the molecule is CCOC(=O)C1CCC(OC(C(=O)OC(C)(C)C)(N2CCCC2)N2C[C@H](C)N(C)[C@@H](C)C2)CC1. The van der Waals surface area contributed by atoms with Crippen molar-refractivity contribution in [3.8, 4) is 0 Å². The first-order valence-corrected chi connectivity index (χ1v) is 13.3. The van der Waals surface area contributed by atoms with Crippen LogP contribution in [-0.2, 0) is 23.8 Å².